The van der Waals surface area contributed by atoms with Crippen LogP contribution in [0.2, 0.25) is 0 Å². The first kappa shape index (κ1) is 12.8. The van der Waals surface area contributed by atoms with Gasteiger partial charge in [-0.3, -0.25) is 0 Å². The van der Waals surface area contributed by atoms with Gasteiger partial charge < -0.3 is 14.6 Å². The molecule has 0 heterocycles. The van der Waals surface area contributed by atoms with Crippen LogP contribution in [0.25, 0.3) is 0 Å². The van der Waals surface area contributed by atoms with Crippen LogP contribution in [-0.2, 0) is 0 Å². The van der Waals surface area contributed by atoms with Gasteiger partial charge in [-0.1, -0.05) is 31.4 Å². The van der Waals surface area contributed by atoms with E-state index < -0.39 is 5.97 Å². The molecule has 0 radical (unpaired) electrons. The number of hydrogen-bond acceptors (Lipinski definition) is 3. The highest BCUT2D eigenvalue weighted by molar-refractivity contribution is 5.92. The van der Waals surface area contributed by atoms with Gasteiger partial charge in [-0.2, -0.15) is 0 Å². The van der Waals surface area contributed by atoms with E-state index in [4.69, 9.17) is 14.6 Å². The number of carboxylic acids is 1. The molecule has 1 rings (SSSR count). The normalized spacial score (nSPS) is 9.41. The van der Waals surface area contributed by atoms with Gasteiger partial charge >= 0.3 is 5.97 Å². The first-order chi connectivity index (χ1) is 8.20. The Bertz CT molecular complexity index is 423. The summed E-state index contributed by atoms with van der Waals surface area (Å²) < 4.78 is 10.7. The molecule has 17 heavy (non-hydrogen) atoms. The second-order valence-electron chi connectivity index (χ2n) is 3.14. The molecule has 0 aromatic heterocycles. The van der Waals surface area contributed by atoms with Crippen molar-refractivity contribution in [3.05, 3.63) is 49.1 Å². The Morgan fingerprint density at radius 3 is 2.47 bits per heavy atom. The van der Waals surface area contributed by atoms with Crippen LogP contribution in [0.1, 0.15) is 10.4 Å². The van der Waals surface area contributed by atoms with E-state index in [-0.39, 0.29) is 24.5 Å². The van der Waals surface area contributed by atoms with Crippen LogP contribution in [0.15, 0.2) is 43.5 Å². The Morgan fingerprint density at radius 2 is 1.88 bits per heavy atom. The fourth-order valence-corrected chi connectivity index (χ4v) is 1.24. The predicted octanol–water partition coefficient (Wildman–Crippen LogP) is 2.51. The number of ether oxygens (including phenoxy) is 2. The smallest absolute Gasteiger partial charge is 0.339 e. The summed E-state index contributed by atoms with van der Waals surface area (Å²) in [6.45, 7) is 7.54. The van der Waals surface area contributed by atoms with Crippen LogP contribution in [0.5, 0.6) is 11.5 Å². The van der Waals surface area contributed by atoms with E-state index in [1.54, 1.807) is 18.2 Å². The van der Waals surface area contributed by atoms with Crippen LogP contribution in [0.3, 0.4) is 0 Å². The lowest BCUT2D eigenvalue weighted by atomic mass is 10.2. The molecule has 0 saturated carbocycles. The lowest BCUT2D eigenvalue weighted by molar-refractivity contribution is 0.0692. The third-order valence-electron chi connectivity index (χ3n) is 1.91. The summed E-state index contributed by atoms with van der Waals surface area (Å²) in [7, 11) is 0. The highest BCUT2D eigenvalue weighted by atomic mass is 16.5. The quantitative estimate of drug-likeness (QED) is 0.736. The summed E-state index contributed by atoms with van der Waals surface area (Å²) >= 11 is 0. The number of rotatable bonds is 7. The Morgan fingerprint density at radius 1 is 1.24 bits per heavy atom. The highest BCUT2D eigenvalue weighted by Crippen LogP contribution is 2.31. The monoisotopic (exact) mass is 234 g/mol. The van der Waals surface area contributed by atoms with Crippen molar-refractivity contribution in [2.24, 2.45) is 0 Å². The second kappa shape index (κ2) is 6.37. The molecule has 0 aliphatic carbocycles. The third-order valence-corrected chi connectivity index (χ3v) is 1.91. The molecule has 0 saturated heterocycles. The minimum absolute atomic E-state index is 0.0633. The number of para-hydroxylation sites is 1. The number of carbonyl (C=O) groups is 1. The van der Waals surface area contributed by atoms with Gasteiger partial charge in [0.1, 0.15) is 18.8 Å². The van der Waals surface area contributed by atoms with E-state index in [9.17, 15) is 4.79 Å². The summed E-state index contributed by atoms with van der Waals surface area (Å²) in [4.78, 5) is 11.0. The van der Waals surface area contributed by atoms with Crippen LogP contribution < -0.4 is 9.47 Å². The Labute approximate surface area is 99.8 Å². The molecule has 0 aliphatic heterocycles. The fraction of sp³-hybridized carbons (Fsp3) is 0.154. The first-order valence-corrected chi connectivity index (χ1v) is 5.04. The molecule has 0 fully saturated rings. The highest BCUT2D eigenvalue weighted by Gasteiger charge is 2.15. The number of hydrogen-bond donors (Lipinski definition) is 1. The standard InChI is InChI=1S/C13H14O4/c1-3-8-16-11-7-5-6-10(13(14)15)12(11)17-9-4-2/h3-7H,1-2,8-9H2,(H,14,15). The molecule has 0 atom stereocenters. The topological polar surface area (TPSA) is 55.8 Å². The van der Waals surface area contributed by atoms with E-state index in [1.807, 2.05) is 0 Å². The van der Waals surface area contributed by atoms with Crippen molar-refractivity contribution < 1.29 is 19.4 Å². The molecule has 4 nitrogen and oxygen atoms in total. The molecule has 0 spiro atoms. The van der Waals surface area contributed by atoms with Gasteiger partial charge in [0.05, 0.1) is 0 Å². The third kappa shape index (κ3) is 3.38. The summed E-state index contributed by atoms with van der Waals surface area (Å²) in [6.07, 6.45) is 3.11. The molecular weight excluding hydrogens is 220 g/mol. The summed E-state index contributed by atoms with van der Waals surface area (Å²) in [5.74, 6) is -0.471. The molecule has 1 aromatic carbocycles. The number of carboxylic acid groups (broad SMARTS) is 1. The maximum absolute atomic E-state index is 11.0. The van der Waals surface area contributed by atoms with Crippen LogP contribution in [-0.4, -0.2) is 24.3 Å². The average molecular weight is 234 g/mol. The summed E-state index contributed by atoms with van der Waals surface area (Å²) in [5, 5.41) is 9.03. The molecule has 0 bridgehead atoms. The Kier molecular flexibility index (Phi) is 4.81. The van der Waals surface area contributed by atoms with E-state index in [2.05, 4.69) is 13.2 Å². The Balaban J connectivity index is 3.08. The average Bonchev–Trinajstić information content (AvgIpc) is 2.33. The molecule has 1 aromatic rings. The van der Waals surface area contributed by atoms with Gasteiger partial charge in [-0.15, -0.1) is 0 Å². The minimum atomic E-state index is -1.06. The number of benzene rings is 1. The van der Waals surface area contributed by atoms with Crippen LogP contribution in [0.4, 0.5) is 0 Å². The van der Waals surface area contributed by atoms with Crippen LogP contribution >= 0.6 is 0 Å². The molecular formula is C13H14O4. The fourth-order valence-electron chi connectivity index (χ4n) is 1.24. The molecule has 4 heteroatoms. The lowest BCUT2D eigenvalue weighted by Crippen LogP contribution is -2.06. The van der Waals surface area contributed by atoms with Crippen molar-refractivity contribution in [1.82, 2.24) is 0 Å². The SMILES string of the molecule is C=CCOc1cccc(C(=O)O)c1OCC=C. The molecule has 90 valence electrons. The van der Waals surface area contributed by atoms with E-state index >= 15 is 0 Å². The molecule has 0 aliphatic rings. The summed E-state index contributed by atoms with van der Waals surface area (Å²) in [6, 6.07) is 4.71. The maximum atomic E-state index is 11.0. The molecule has 1 N–H and O–H groups in total. The van der Waals surface area contributed by atoms with Crippen molar-refractivity contribution in [2.75, 3.05) is 13.2 Å². The van der Waals surface area contributed by atoms with Gasteiger partial charge in [0.15, 0.2) is 11.5 Å². The zero-order valence-corrected chi connectivity index (χ0v) is 9.39. The van der Waals surface area contributed by atoms with Gasteiger partial charge in [-0.25, -0.2) is 4.79 Å². The zero-order valence-electron chi connectivity index (χ0n) is 9.39. The van der Waals surface area contributed by atoms with Gasteiger partial charge in [-0.05, 0) is 12.1 Å². The zero-order chi connectivity index (χ0) is 12.7. The van der Waals surface area contributed by atoms with Gasteiger partial charge in [0, 0.05) is 0 Å². The number of aromatic carboxylic acids is 1. The molecule has 0 unspecified atom stereocenters. The lowest BCUT2D eigenvalue weighted by Gasteiger charge is -2.12. The first-order valence-electron chi connectivity index (χ1n) is 5.04. The van der Waals surface area contributed by atoms with Crippen molar-refractivity contribution in [1.29, 1.82) is 0 Å². The minimum Gasteiger partial charge on any atom is -0.486 e. The van der Waals surface area contributed by atoms with Crippen molar-refractivity contribution in [2.45, 2.75) is 0 Å². The summed E-state index contributed by atoms with van der Waals surface area (Å²) in [5.41, 5.74) is 0.0633. The van der Waals surface area contributed by atoms with Crippen LogP contribution in [0, 0.1) is 0 Å². The van der Waals surface area contributed by atoms with Crippen molar-refractivity contribution in [3.8, 4) is 11.5 Å². The van der Waals surface area contributed by atoms with Gasteiger partial charge in [0.25, 0.3) is 0 Å². The van der Waals surface area contributed by atoms with E-state index in [0.29, 0.717) is 5.75 Å². The maximum Gasteiger partial charge on any atom is 0.339 e. The van der Waals surface area contributed by atoms with E-state index in [0.717, 1.165) is 0 Å². The van der Waals surface area contributed by atoms with E-state index in [1.165, 1.54) is 12.1 Å². The largest absolute Gasteiger partial charge is 0.486 e. The predicted molar refractivity (Wildman–Crippen MR) is 64.8 cm³/mol. The van der Waals surface area contributed by atoms with Gasteiger partial charge in [0.2, 0.25) is 0 Å². The van der Waals surface area contributed by atoms with Crippen molar-refractivity contribution >= 4 is 5.97 Å². The Hall–Kier alpha value is -2.23. The second-order valence-corrected chi connectivity index (χ2v) is 3.14. The molecule has 0 amide bonds. The van der Waals surface area contributed by atoms with Crippen molar-refractivity contribution in [3.63, 3.8) is 0 Å².